The maximum Gasteiger partial charge on any atom is 0.184 e. The molecular formula is C12H11N3O2. The number of nitrogens with zero attached hydrogens (tertiary/aromatic N) is 3. The first-order valence-corrected chi connectivity index (χ1v) is 5.44. The van der Waals surface area contributed by atoms with E-state index in [1.165, 1.54) is 17.3 Å². The summed E-state index contributed by atoms with van der Waals surface area (Å²) in [6.45, 7) is 0.926. The molecule has 2 aromatic rings. The number of ether oxygens (including phenoxy) is 1. The van der Waals surface area contributed by atoms with Crippen molar-refractivity contribution < 1.29 is 9.53 Å². The van der Waals surface area contributed by atoms with Gasteiger partial charge in [-0.15, -0.1) is 0 Å². The van der Waals surface area contributed by atoms with Gasteiger partial charge in [0, 0.05) is 12.0 Å². The first kappa shape index (κ1) is 10.0. The monoisotopic (exact) mass is 229 g/mol. The van der Waals surface area contributed by atoms with Gasteiger partial charge in [0.15, 0.2) is 5.78 Å². The predicted molar refractivity (Wildman–Crippen MR) is 60.0 cm³/mol. The Hall–Kier alpha value is -2.17. The van der Waals surface area contributed by atoms with Gasteiger partial charge in [0.05, 0.1) is 6.61 Å². The van der Waals surface area contributed by atoms with Gasteiger partial charge in [-0.05, 0) is 23.8 Å². The molecule has 0 spiro atoms. The molecule has 2 heterocycles. The molecule has 86 valence electrons. The molecule has 0 atom stereocenters. The van der Waals surface area contributed by atoms with Crippen molar-refractivity contribution >= 4 is 5.78 Å². The molecule has 0 amide bonds. The van der Waals surface area contributed by atoms with E-state index < -0.39 is 0 Å². The lowest BCUT2D eigenvalue weighted by molar-refractivity contribution is 0.0967. The first-order chi connectivity index (χ1) is 8.33. The van der Waals surface area contributed by atoms with Crippen molar-refractivity contribution in [1.82, 2.24) is 14.8 Å². The normalized spacial score (nSPS) is 13.2. The van der Waals surface area contributed by atoms with Crippen molar-refractivity contribution in [2.75, 3.05) is 6.61 Å². The second-order valence-electron chi connectivity index (χ2n) is 3.94. The van der Waals surface area contributed by atoms with Crippen LogP contribution < -0.4 is 4.74 Å². The highest BCUT2D eigenvalue weighted by Crippen LogP contribution is 2.26. The Morgan fingerprint density at radius 3 is 3.24 bits per heavy atom. The molecule has 0 fully saturated rings. The van der Waals surface area contributed by atoms with Crippen molar-refractivity contribution in [3.63, 3.8) is 0 Å². The predicted octanol–water partition coefficient (Wildman–Crippen LogP) is 1.10. The Bertz CT molecular complexity index is 549. The highest BCUT2D eigenvalue weighted by Gasteiger charge is 2.15. The van der Waals surface area contributed by atoms with E-state index in [0.717, 1.165) is 17.7 Å². The quantitative estimate of drug-likeness (QED) is 0.739. The van der Waals surface area contributed by atoms with Crippen LogP contribution in [0.1, 0.15) is 15.9 Å². The molecule has 1 aliphatic heterocycles. The molecule has 0 saturated heterocycles. The largest absolute Gasteiger partial charge is 0.493 e. The SMILES string of the molecule is O=C(Cn1cncn1)c1ccc2c(c1)CCO2. The Morgan fingerprint density at radius 2 is 2.41 bits per heavy atom. The third kappa shape index (κ3) is 1.91. The number of fused-ring (bicyclic) bond motifs is 1. The Balaban J connectivity index is 1.82. The van der Waals surface area contributed by atoms with E-state index in [4.69, 9.17) is 4.74 Å². The minimum atomic E-state index is 0.0326. The van der Waals surface area contributed by atoms with Gasteiger partial charge in [0.1, 0.15) is 24.9 Å². The summed E-state index contributed by atoms with van der Waals surface area (Å²) < 4.78 is 6.92. The molecule has 1 aliphatic rings. The van der Waals surface area contributed by atoms with Crippen LogP contribution in [0, 0.1) is 0 Å². The lowest BCUT2D eigenvalue weighted by Gasteiger charge is -2.03. The van der Waals surface area contributed by atoms with E-state index >= 15 is 0 Å². The van der Waals surface area contributed by atoms with Crippen LogP contribution in [-0.2, 0) is 13.0 Å². The van der Waals surface area contributed by atoms with Crippen LogP contribution in [0.15, 0.2) is 30.9 Å². The van der Waals surface area contributed by atoms with E-state index in [2.05, 4.69) is 10.1 Å². The number of ketones is 1. The van der Waals surface area contributed by atoms with Gasteiger partial charge in [0.25, 0.3) is 0 Å². The minimum absolute atomic E-state index is 0.0326. The van der Waals surface area contributed by atoms with Crippen LogP contribution in [0.5, 0.6) is 5.75 Å². The molecule has 0 saturated carbocycles. The number of hydrogen-bond acceptors (Lipinski definition) is 4. The maximum absolute atomic E-state index is 12.0. The van der Waals surface area contributed by atoms with Gasteiger partial charge in [-0.3, -0.25) is 4.79 Å². The Kier molecular flexibility index (Phi) is 2.36. The zero-order chi connectivity index (χ0) is 11.7. The lowest BCUT2D eigenvalue weighted by Crippen LogP contribution is -2.10. The fourth-order valence-corrected chi connectivity index (χ4v) is 1.91. The highest BCUT2D eigenvalue weighted by atomic mass is 16.5. The molecule has 1 aromatic carbocycles. The van der Waals surface area contributed by atoms with E-state index in [9.17, 15) is 4.79 Å². The van der Waals surface area contributed by atoms with Gasteiger partial charge in [-0.2, -0.15) is 5.10 Å². The third-order valence-electron chi connectivity index (χ3n) is 2.78. The number of benzene rings is 1. The third-order valence-corrected chi connectivity index (χ3v) is 2.78. The average Bonchev–Trinajstić information content (AvgIpc) is 2.97. The van der Waals surface area contributed by atoms with Gasteiger partial charge in [0.2, 0.25) is 0 Å². The number of aromatic nitrogens is 3. The zero-order valence-electron chi connectivity index (χ0n) is 9.17. The second kappa shape index (κ2) is 4.01. The van der Waals surface area contributed by atoms with E-state index in [1.54, 1.807) is 6.07 Å². The maximum atomic E-state index is 12.0. The summed E-state index contributed by atoms with van der Waals surface area (Å²) in [4.78, 5) is 15.8. The number of carbonyl (C=O) groups excluding carboxylic acids is 1. The Labute approximate surface area is 98.0 Å². The zero-order valence-corrected chi connectivity index (χ0v) is 9.17. The number of hydrogen-bond donors (Lipinski definition) is 0. The van der Waals surface area contributed by atoms with E-state index in [0.29, 0.717) is 12.2 Å². The minimum Gasteiger partial charge on any atom is -0.493 e. The molecule has 1 aromatic heterocycles. The van der Waals surface area contributed by atoms with Crippen LogP contribution in [0.4, 0.5) is 0 Å². The summed E-state index contributed by atoms with van der Waals surface area (Å²) in [6, 6.07) is 5.56. The van der Waals surface area contributed by atoms with Crippen molar-refractivity contribution in [3.05, 3.63) is 42.0 Å². The summed E-state index contributed by atoms with van der Waals surface area (Å²) in [7, 11) is 0. The summed E-state index contributed by atoms with van der Waals surface area (Å²) in [5.74, 6) is 0.924. The smallest absolute Gasteiger partial charge is 0.184 e. The number of Topliss-reactive ketones (excluding diaryl/α,β-unsaturated/α-hetero) is 1. The Morgan fingerprint density at radius 1 is 1.47 bits per heavy atom. The average molecular weight is 229 g/mol. The molecule has 0 aliphatic carbocycles. The van der Waals surface area contributed by atoms with Crippen molar-refractivity contribution in [2.24, 2.45) is 0 Å². The van der Waals surface area contributed by atoms with Crippen molar-refractivity contribution in [2.45, 2.75) is 13.0 Å². The molecule has 0 radical (unpaired) electrons. The number of carbonyl (C=O) groups is 1. The second-order valence-corrected chi connectivity index (χ2v) is 3.94. The molecule has 0 bridgehead atoms. The van der Waals surface area contributed by atoms with Crippen LogP contribution in [0.25, 0.3) is 0 Å². The molecule has 5 heteroatoms. The molecule has 17 heavy (non-hydrogen) atoms. The fourth-order valence-electron chi connectivity index (χ4n) is 1.91. The fraction of sp³-hybridized carbons (Fsp3) is 0.250. The molecular weight excluding hydrogens is 218 g/mol. The molecule has 5 nitrogen and oxygen atoms in total. The van der Waals surface area contributed by atoms with E-state index in [-0.39, 0.29) is 12.3 Å². The van der Waals surface area contributed by atoms with Gasteiger partial charge < -0.3 is 4.74 Å². The van der Waals surface area contributed by atoms with Crippen LogP contribution >= 0.6 is 0 Å². The van der Waals surface area contributed by atoms with Crippen LogP contribution in [0.2, 0.25) is 0 Å². The van der Waals surface area contributed by atoms with Gasteiger partial charge in [-0.25, -0.2) is 9.67 Å². The standard InChI is InChI=1S/C12H11N3O2/c16-11(6-15-8-13-7-14-15)9-1-2-12-10(5-9)3-4-17-12/h1-2,5,7-8H,3-4,6H2. The topological polar surface area (TPSA) is 57.0 Å². The lowest BCUT2D eigenvalue weighted by atomic mass is 10.1. The van der Waals surface area contributed by atoms with E-state index in [1.807, 2.05) is 12.1 Å². The molecule has 0 unspecified atom stereocenters. The highest BCUT2D eigenvalue weighted by molar-refractivity contribution is 5.96. The van der Waals surface area contributed by atoms with Crippen LogP contribution in [-0.4, -0.2) is 27.2 Å². The molecule has 3 rings (SSSR count). The summed E-state index contributed by atoms with van der Waals surface area (Å²) in [5.41, 5.74) is 1.80. The summed E-state index contributed by atoms with van der Waals surface area (Å²) in [6.07, 6.45) is 3.83. The summed E-state index contributed by atoms with van der Waals surface area (Å²) >= 11 is 0. The number of rotatable bonds is 3. The van der Waals surface area contributed by atoms with Gasteiger partial charge >= 0.3 is 0 Å². The van der Waals surface area contributed by atoms with Gasteiger partial charge in [-0.1, -0.05) is 0 Å². The molecule has 0 N–H and O–H groups in total. The van der Waals surface area contributed by atoms with Crippen molar-refractivity contribution in [1.29, 1.82) is 0 Å². The van der Waals surface area contributed by atoms with Crippen molar-refractivity contribution in [3.8, 4) is 5.75 Å². The first-order valence-electron chi connectivity index (χ1n) is 5.44. The summed E-state index contributed by atoms with van der Waals surface area (Å²) in [5, 5.41) is 3.91. The van der Waals surface area contributed by atoms with Crippen LogP contribution in [0.3, 0.4) is 0 Å².